The van der Waals surface area contributed by atoms with Crippen molar-refractivity contribution in [3.8, 4) is 0 Å². The lowest BCUT2D eigenvalue weighted by Gasteiger charge is -2.30. The van der Waals surface area contributed by atoms with Crippen LogP contribution < -0.4 is 0 Å². The molecule has 2 fully saturated rings. The van der Waals surface area contributed by atoms with Crippen LogP contribution in [-0.4, -0.2) is 54.6 Å². The number of pyridine rings is 1. The molecule has 5 nitrogen and oxygen atoms in total. The Morgan fingerprint density at radius 1 is 1.28 bits per heavy atom. The van der Waals surface area contributed by atoms with Crippen LogP contribution in [0.4, 0.5) is 0 Å². The van der Waals surface area contributed by atoms with Gasteiger partial charge in [0.05, 0.1) is 31.7 Å². The highest BCUT2D eigenvalue weighted by molar-refractivity contribution is 5.05. The molecule has 1 spiro atoms. The predicted molar refractivity (Wildman–Crippen MR) is 95.9 cm³/mol. The molecular formula is C20H27N3O2. The molecule has 2 atom stereocenters. The van der Waals surface area contributed by atoms with Crippen molar-refractivity contribution in [2.45, 2.75) is 19.6 Å². The van der Waals surface area contributed by atoms with E-state index in [9.17, 15) is 0 Å². The van der Waals surface area contributed by atoms with Gasteiger partial charge in [0.25, 0.3) is 0 Å². The molecule has 0 N–H and O–H groups in total. The quantitative estimate of drug-likeness (QED) is 0.808. The number of hydrogen-bond acceptors (Lipinski definition) is 5. The van der Waals surface area contributed by atoms with E-state index in [1.54, 1.807) is 6.26 Å². The molecule has 2 aliphatic rings. The van der Waals surface area contributed by atoms with E-state index in [0.29, 0.717) is 17.9 Å². The molecule has 0 bridgehead atoms. The molecule has 2 aromatic heterocycles. The first kappa shape index (κ1) is 16.8. The zero-order valence-electron chi connectivity index (χ0n) is 14.9. The van der Waals surface area contributed by atoms with E-state index < -0.39 is 0 Å². The van der Waals surface area contributed by atoms with Crippen LogP contribution in [0.1, 0.15) is 17.9 Å². The first-order valence-corrected chi connectivity index (χ1v) is 9.14. The summed E-state index contributed by atoms with van der Waals surface area (Å²) in [5.41, 5.74) is 1.36. The van der Waals surface area contributed by atoms with E-state index in [4.69, 9.17) is 9.15 Å². The Labute approximate surface area is 149 Å². The molecule has 0 unspecified atom stereocenters. The van der Waals surface area contributed by atoms with Crippen LogP contribution in [0.15, 0.2) is 47.2 Å². The maximum atomic E-state index is 6.05. The lowest BCUT2D eigenvalue weighted by atomic mass is 9.77. The second kappa shape index (κ2) is 7.28. The minimum Gasteiger partial charge on any atom is -0.468 e. The Bertz CT molecular complexity index is 661. The Balaban J connectivity index is 1.34. The maximum Gasteiger partial charge on any atom is 0.117 e. The lowest BCUT2D eigenvalue weighted by Crippen LogP contribution is -2.36. The normalized spacial score (nSPS) is 27.5. The molecule has 4 heterocycles. The molecular weight excluding hydrogens is 314 g/mol. The Morgan fingerprint density at radius 2 is 2.24 bits per heavy atom. The molecule has 0 saturated carbocycles. The fraction of sp³-hybridized carbons (Fsp3) is 0.550. The molecule has 0 amide bonds. The summed E-state index contributed by atoms with van der Waals surface area (Å²) < 4.78 is 11.6. The van der Waals surface area contributed by atoms with Gasteiger partial charge < -0.3 is 14.1 Å². The number of nitrogens with zero attached hydrogens (tertiary/aromatic N) is 3. The van der Waals surface area contributed by atoms with E-state index in [-0.39, 0.29) is 0 Å². The second-order valence-electron chi connectivity index (χ2n) is 7.63. The van der Waals surface area contributed by atoms with E-state index in [2.05, 4.69) is 27.9 Å². The van der Waals surface area contributed by atoms with Crippen LogP contribution in [0.3, 0.4) is 0 Å². The minimum atomic E-state index is 0.353. The van der Waals surface area contributed by atoms with Crippen molar-refractivity contribution in [2.75, 3.05) is 39.8 Å². The first-order chi connectivity index (χ1) is 12.2. The van der Waals surface area contributed by atoms with Gasteiger partial charge in [-0.3, -0.25) is 9.88 Å². The molecule has 25 heavy (non-hydrogen) atoms. The number of furan rings is 1. The van der Waals surface area contributed by atoms with Crippen LogP contribution in [0.25, 0.3) is 0 Å². The van der Waals surface area contributed by atoms with Crippen molar-refractivity contribution in [1.82, 2.24) is 14.8 Å². The summed E-state index contributed by atoms with van der Waals surface area (Å²) in [5, 5.41) is 0. The van der Waals surface area contributed by atoms with Crippen LogP contribution in [0.5, 0.6) is 0 Å². The number of aromatic nitrogens is 1. The van der Waals surface area contributed by atoms with Crippen LogP contribution >= 0.6 is 0 Å². The smallest absolute Gasteiger partial charge is 0.117 e. The summed E-state index contributed by atoms with van der Waals surface area (Å²) in [4.78, 5) is 9.34. The fourth-order valence-corrected chi connectivity index (χ4v) is 4.52. The van der Waals surface area contributed by atoms with Crippen molar-refractivity contribution in [2.24, 2.45) is 11.3 Å². The molecule has 2 saturated heterocycles. The van der Waals surface area contributed by atoms with Crippen LogP contribution in [-0.2, 0) is 17.9 Å². The van der Waals surface area contributed by atoms with E-state index >= 15 is 0 Å². The maximum absolute atomic E-state index is 6.05. The third kappa shape index (κ3) is 3.78. The number of rotatable bonds is 6. The molecule has 0 radical (unpaired) electrons. The van der Waals surface area contributed by atoms with Gasteiger partial charge in [0.2, 0.25) is 0 Å². The summed E-state index contributed by atoms with van der Waals surface area (Å²) in [6.07, 6.45) is 4.83. The van der Waals surface area contributed by atoms with Gasteiger partial charge in [0.1, 0.15) is 5.76 Å². The van der Waals surface area contributed by atoms with E-state index in [1.165, 1.54) is 13.0 Å². The summed E-state index contributed by atoms with van der Waals surface area (Å²) in [6, 6.07) is 10.0. The van der Waals surface area contributed by atoms with Crippen LogP contribution in [0, 0.1) is 11.3 Å². The van der Waals surface area contributed by atoms with Crippen molar-refractivity contribution in [1.29, 1.82) is 0 Å². The molecule has 0 aromatic carbocycles. The Kier molecular flexibility index (Phi) is 4.88. The Hall–Kier alpha value is -1.69. The van der Waals surface area contributed by atoms with Gasteiger partial charge in [-0.1, -0.05) is 6.07 Å². The van der Waals surface area contributed by atoms with Crippen LogP contribution in [0.2, 0.25) is 0 Å². The summed E-state index contributed by atoms with van der Waals surface area (Å²) >= 11 is 0. The SMILES string of the molecule is CN1C[C@H](COCc2ccccn2)[C@@]2(CCN(Cc3ccco3)C2)C1. The second-order valence-corrected chi connectivity index (χ2v) is 7.63. The molecule has 2 aliphatic heterocycles. The fourth-order valence-electron chi connectivity index (χ4n) is 4.52. The zero-order chi connectivity index (χ0) is 17.1. The molecule has 5 heteroatoms. The van der Waals surface area contributed by atoms with Gasteiger partial charge >= 0.3 is 0 Å². The predicted octanol–water partition coefficient (Wildman–Crippen LogP) is 2.65. The van der Waals surface area contributed by atoms with Crippen molar-refractivity contribution < 1.29 is 9.15 Å². The summed E-state index contributed by atoms with van der Waals surface area (Å²) in [5.74, 6) is 1.65. The molecule has 134 valence electrons. The van der Waals surface area contributed by atoms with Crippen molar-refractivity contribution in [3.05, 3.63) is 54.2 Å². The van der Waals surface area contributed by atoms with Crippen molar-refractivity contribution in [3.63, 3.8) is 0 Å². The van der Waals surface area contributed by atoms with Gasteiger partial charge in [-0.15, -0.1) is 0 Å². The number of likely N-dealkylation sites (tertiary alicyclic amines) is 2. The Morgan fingerprint density at radius 3 is 3.04 bits per heavy atom. The molecule has 4 rings (SSSR count). The largest absolute Gasteiger partial charge is 0.468 e. The van der Waals surface area contributed by atoms with Gasteiger partial charge in [0.15, 0.2) is 0 Å². The van der Waals surface area contributed by atoms with Gasteiger partial charge in [-0.2, -0.15) is 0 Å². The van der Waals surface area contributed by atoms with Gasteiger partial charge in [0, 0.05) is 37.2 Å². The molecule has 0 aliphatic carbocycles. The third-order valence-corrected chi connectivity index (χ3v) is 5.70. The average Bonchev–Trinajstić information content (AvgIpc) is 3.32. The number of hydrogen-bond donors (Lipinski definition) is 0. The van der Waals surface area contributed by atoms with E-state index in [1.807, 2.05) is 30.5 Å². The number of ether oxygens (including phenoxy) is 1. The topological polar surface area (TPSA) is 41.7 Å². The summed E-state index contributed by atoms with van der Waals surface area (Å²) in [7, 11) is 2.23. The van der Waals surface area contributed by atoms with E-state index in [0.717, 1.165) is 44.2 Å². The highest BCUT2D eigenvalue weighted by Gasteiger charge is 2.49. The standard InChI is InChI=1S/C20H27N3O2/c1-22-11-17(13-24-14-18-5-2-3-8-21-18)20(15-22)7-9-23(16-20)12-19-6-4-10-25-19/h2-6,8,10,17H,7,9,11-16H2,1H3/t17-,20+/m1/s1. The third-order valence-electron chi connectivity index (χ3n) is 5.70. The first-order valence-electron chi connectivity index (χ1n) is 9.14. The summed E-state index contributed by atoms with van der Waals surface area (Å²) in [6.45, 7) is 6.90. The zero-order valence-corrected chi connectivity index (χ0v) is 14.9. The molecule has 2 aromatic rings. The van der Waals surface area contributed by atoms with Gasteiger partial charge in [-0.05, 0) is 44.3 Å². The average molecular weight is 341 g/mol. The van der Waals surface area contributed by atoms with Crippen molar-refractivity contribution >= 4 is 0 Å². The lowest BCUT2D eigenvalue weighted by molar-refractivity contribution is 0.0499. The highest BCUT2D eigenvalue weighted by atomic mass is 16.5. The monoisotopic (exact) mass is 341 g/mol. The minimum absolute atomic E-state index is 0.353. The van der Waals surface area contributed by atoms with Gasteiger partial charge in [-0.25, -0.2) is 0 Å². The highest BCUT2D eigenvalue weighted by Crippen LogP contribution is 2.43.